The van der Waals surface area contributed by atoms with E-state index in [1.807, 2.05) is 6.92 Å². The lowest BCUT2D eigenvalue weighted by molar-refractivity contribution is -0.384. The smallest absolute Gasteiger partial charge is 0.273 e. The molecular formula is C11H14ClNO3. The first-order valence-electron chi connectivity index (χ1n) is 5.09. The van der Waals surface area contributed by atoms with Crippen molar-refractivity contribution in [2.75, 3.05) is 12.5 Å². The minimum atomic E-state index is -0.426. The van der Waals surface area contributed by atoms with Gasteiger partial charge < -0.3 is 4.74 Å². The summed E-state index contributed by atoms with van der Waals surface area (Å²) in [4.78, 5) is 10.1. The number of halogens is 1. The van der Waals surface area contributed by atoms with Crippen LogP contribution < -0.4 is 4.74 Å². The molecule has 0 unspecified atom stereocenters. The Balaban J connectivity index is 2.63. The highest BCUT2D eigenvalue weighted by Gasteiger charge is 2.09. The topological polar surface area (TPSA) is 52.4 Å². The van der Waals surface area contributed by atoms with Crippen molar-refractivity contribution in [1.82, 2.24) is 0 Å². The fourth-order valence-corrected chi connectivity index (χ4v) is 1.43. The Morgan fingerprint density at radius 2 is 2.19 bits per heavy atom. The van der Waals surface area contributed by atoms with Gasteiger partial charge in [-0.2, -0.15) is 0 Å². The number of hydrogen-bond acceptors (Lipinski definition) is 3. The van der Waals surface area contributed by atoms with Crippen LogP contribution in [0.15, 0.2) is 18.2 Å². The predicted octanol–water partition coefficient (Wildman–Crippen LogP) is 3.30. The van der Waals surface area contributed by atoms with Crippen molar-refractivity contribution < 1.29 is 9.66 Å². The third kappa shape index (κ3) is 3.70. The SMILES string of the molecule is Cc1ccc([N+](=O)[O-])cc1OCCCCCl. The first kappa shape index (κ1) is 12.8. The van der Waals surface area contributed by atoms with E-state index in [0.29, 0.717) is 18.2 Å². The molecule has 0 radical (unpaired) electrons. The summed E-state index contributed by atoms with van der Waals surface area (Å²) in [6, 6.07) is 4.62. The van der Waals surface area contributed by atoms with Gasteiger partial charge in [-0.05, 0) is 31.4 Å². The van der Waals surface area contributed by atoms with Gasteiger partial charge in [0.15, 0.2) is 0 Å². The summed E-state index contributed by atoms with van der Waals surface area (Å²) >= 11 is 5.54. The van der Waals surface area contributed by atoms with Gasteiger partial charge >= 0.3 is 0 Å². The average Bonchev–Trinajstić information content (AvgIpc) is 2.26. The fraction of sp³-hybridized carbons (Fsp3) is 0.455. The highest BCUT2D eigenvalue weighted by molar-refractivity contribution is 6.17. The molecule has 16 heavy (non-hydrogen) atoms. The van der Waals surface area contributed by atoms with Crippen LogP contribution in [0.3, 0.4) is 0 Å². The number of nitro benzene ring substituents is 1. The van der Waals surface area contributed by atoms with Crippen molar-refractivity contribution in [2.45, 2.75) is 19.8 Å². The molecule has 0 N–H and O–H groups in total. The van der Waals surface area contributed by atoms with E-state index in [-0.39, 0.29) is 5.69 Å². The molecule has 4 nitrogen and oxygen atoms in total. The van der Waals surface area contributed by atoms with Gasteiger partial charge in [-0.25, -0.2) is 0 Å². The van der Waals surface area contributed by atoms with E-state index in [1.54, 1.807) is 6.07 Å². The number of ether oxygens (including phenoxy) is 1. The van der Waals surface area contributed by atoms with Gasteiger partial charge in [-0.15, -0.1) is 11.6 Å². The summed E-state index contributed by atoms with van der Waals surface area (Å²) in [6.07, 6.45) is 1.74. The third-order valence-electron chi connectivity index (χ3n) is 2.17. The van der Waals surface area contributed by atoms with Crippen LogP contribution in [0.1, 0.15) is 18.4 Å². The van der Waals surface area contributed by atoms with Crippen LogP contribution in [-0.2, 0) is 0 Å². The molecule has 0 aliphatic carbocycles. The molecule has 5 heteroatoms. The van der Waals surface area contributed by atoms with Crippen LogP contribution in [0.25, 0.3) is 0 Å². The number of nitrogens with zero attached hydrogens (tertiary/aromatic N) is 1. The largest absolute Gasteiger partial charge is 0.493 e. The highest BCUT2D eigenvalue weighted by Crippen LogP contribution is 2.24. The maximum absolute atomic E-state index is 10.6. The Hall–Kier alpha value is -1.29. The van der Waals surface area contributed by atoms with Crippen LogP contribution >= 0.6 is 11.6 Å². The molecule has 0 saturated carbocycles. The van der Waals surface area contributed by atoms with Crippen molar-refractivity contribution in [1.29, 1.82) is 0 Å². The van der Waals surface area contributed by atoms with Crippen LogP contribution in [-0.4, -0.2) is 17.4 Å². The number of aryl methyl sites for hydroxylation is 1. The second-order valence-corrected chi connectivity index (χ2v) is 3.83. The van der Waals surface area contributed by atoms with Gasteiger partial charge in [0.2, 0.25) is 0 Å². The Labute approximate surface area is 99.3 Å². The monoisotopic (exact) mass is 243 g/mol. The fourth-order valence-electron chi connectivity index (χ4n) is 1.24. The van der Waals surface area contributed by atoms with Crippen LogP contribution in [0, 0.1) is 17.0 Å². The van der Waals surface area contributed by atoms with E-state index in [1.165, 1.54) is 12.1 Å². The van der Waals surface area contributed by atoms with Gasteiger partial charge in [0, 0.05) is 11.9 Å². The zero-order valence-electron chi connectivity index (χ0n) is 9.11. The van der Waals surface area contributed by atoms with Gasteiger partial charge in [0.1, 0.15) is 5.75 Å². The number of non-ortho nitro benzene ring substituents is 1. The minimum absolute atomic E-state index is 0.0537. The molecule has 1 aromatic carbocycles. The second-order valence-electron chi connectivity index (χ2n) is 3.45. The van der Waals surface area contributed by atoms with Crippen molar-refractivity contribution in [2.24, 2.45) is 0 Å². The first-order valence-corrected chi connectivity index (χ1v) is 5.62. The van der Waals surface area contributed by atoms with Crippen molar-refractivity contribution in [3.05, 3.63) is 33.9 Å². The van der Waals surface area contributed by atoms with Gasteiger partial charge in [0.25, 0.3) is 5.69 Å². The quantitative estimate of drug-likeness (QED) is 0.333. The molecule has 0 spiro atoms. The number of benzene rings is 1. The molecule has 0 amide bonds. The summed E-state index contributed by atoms with van der Waals surface area (Å²) in [5, 5.41) is 10.6. The second kappa shape index (κ2) is 6.33. The molecule has 0 aromatic heterocycles. The summed E-state index contributed by atoms with van der Waals surface area (Å²) < 4.78 is 5.47. The Bertz CT molecular complexity index is 368. The lowest BCUT2D eigenvalue weighted by Crippen LogP contribution is -2.00. The third-order valence-corrected chi connectivity index (χ3v) is 2.44. The van der Waals surface area contributed by atoms with E-state index in [9.17, 15) is 10.1 Å². The number of unbranched alkanes of at least 4 members (excludes halogenated alkanes) is 1. The number of alkyl halides is 1. The van der Waals surface area contributed by atoms with Crippen molar-refractivity contribution in [3.8, 4) is 5.75 Å². The van der Waals surface area contributed by atoms with E-state index >= 15 is 0 Å². The molecule has 0 aliphatic rings. The molecule has 1 aromatic rings. The highest BCUT2D eigenvalue weighted by atomic mass is 35.5. The zero-order valence-corrected chi connectivity index (χ0v) is 9.87. The van der Waals surface area contributed by atoms with E-state index in [4.69, 9.17) is 16.3 Å². The Kier molecular flexibility index (Phi) is 5.05. The van der Waals surface area contributed by atoms with Gasteiger partial charge in [-0.3, -0.25) is 10.1 Å². The predicted molar refractivity (Wildman–Crippen MR) is 63.3 cm³/mol. The maximum Gasteiger partial charge on any atom is 0.273 e. The molecule has 0 fully saturated rings. The van der Waals surface area contributed by atoms with Gasteiger partial charge in [-0.1, -0.05) is 0 Å². The minimum Gasteiger partial charge on any atom is -0.493 e. The summed E-state index contributed by atoms with van der Waals surface area (Å²) in [7, 11) is 0. The normalized spacial score (nSPS) is 10.1. The van der Waals surface area contributed by atoms with E-state index < -0.39 is 4.92 Å². The lowest BCUT2D eigenvalue weighted by atomic mass is 10.2. The first-order chi connectivity index (χ1) is 7.65. The molecule has 88 valence electrons. The molecule has 0 aliphatic heterocycles. The van der Waals surface area contributed by atoms with Crippen molar-refractivity contribution in [3.63, 3.8) is 0 Å². The Morgan fingerprint density at radius 3 is 2.81 bits per heavy atom. The summed E-state index contributed by atoms with van der Waals surface area (Å²) in [6.45, 7) is 2.40. The summed E-state index contributed by atoms with van der Waals surface area (Å²) in [5.41, 5.74) is 0.953. The van der Waals surface area contributed by atoms with Crippen LogP contribution in [0.2, 0.25) is 0 Å². The number of hydrogen-bond donors (Lipinski definition) is 0. The average molecular weight is 244 g/mol. The molecule has 1 rings (SSSR count). The number of rotatable bonds is 6. The summed E-state index contributed by atoms with van der Waals surface area (Å²) in [5.74, 6) is 1.18. The standard InChI is InChI=1S/C11H14ClNO3/c1-9-4-5-10(13(14)15)8-11(9)16-7-3-2-6-12/h4-5,8H,2-3,6-7H2,1H3. The molecule has 0 saturated heterocycles. The Morgan fingerprint density at radius 1 is 1.44 bits per heavy atom. The molecule has 0 atom stereocenters. The molecule has 0 bridgehead atoms. The van der Waals surface area contributed by atoms with Crippen LogP contribution in [0.4, 0.5) is 5.69 Å². The van der Waals surface area contributed by atoms with Crippen LogP contribution in [0.5, 0.6) is 5.75 Å². The number of nitro groups is 1. The van der Waals surface area contributed by atoms with E-state index in [2.05, 4.69) is 0 Å². The van der Waals surface area contributed by atoms with E-state index in [0.717, 1.165) is 18.4 Å². The maximum atomic E-state index is 10.6. The molecular weight excluding hydrogens is 230 g/mol. The van der Waals surface area contributed by atoms with Gasteiger partial charge in [0.05, 0.1) is 17.6 Å². The molecule has 0 heterocycles. The zero-order chi connectivity index (χ0) is 12.0. The lowest BCUT2D eigenvalue weighted by Gasteiger charge is -2.08. The van der Waals surface area contributed by atoms with Crippen molar-refractivity contribution >= 4 is 17.3 Å².